The van der Waals surface area contributed by atoms with Gasteiger partial charge in [0.15, 0.2) is 0 Å². The summed E-state index contributed by atoms with van der Waals surface area (Å²) in [5.41, 5.74) is 2.81. The first-order valence-corrected chi connectivity index (χ1v) is 2.48. The molecule has 3 heteroatoms. The van der Waals surface area contributed by atoms with Crippen LogP contribution in [0, 0.1) is 0 Å². The van der Waals surface area contributed by atoms with E-state index in [2.05, 4.69) is 10.5 Å². The highest BCUT2D eigenvalue weighted by Crippen LogP contribution is 1.83. The fourth-order valence-electron chi connectivity index (χ4n) is 0.446. The Morgan fingerprint density at radius 1 is 1.56 bits per heavy atom. The largest absolute Gasteiger partial charge is 0.285 e. The first kappa shape index (κ1) is 5.75. The smallest absolute Gasteiger partial charge is 0.255 e. The number of nitrogens with zero attached hydrogens (tertiary/aromatic N) is 1. The number of rotatable bonds is 1. The average Bonchev–Trinajstić information content (AvgIpc) is 2.13. The molecule has 0 spiro atoms. The van der Waals surface area contributed by atoms with Gasteiger partial charge in [-0.3, -0.25) is 10.2 Å². The fourth-order valence-corrected chi connectivity index (χ4v) is 0.446. The molecule has 45 valence electrons. The molecule has 1 heterocycles. The van der Waals surface area contributed by atoms with E-state index < -0.39 is 0 Å². The predicted octanol–water partition coefficient (Wildman–Crippen LogP) is 0.125. The molecule has 0 fully saturated rings. The van der Waals surface area contributed by atoms with Crippen molar-refractivity contribution in [3.05, 3.63) is 24.4 Å². The molecule has 0 atom stereocenters. The molecule has 0 saturated heterocycles. The Hall–Kier alpha value is -1.38. The van der Waals surface area contributed by atoms with Gasteiger partial charge in [-0.05, 0) is 12.2 Å². The molecule has 1 radical (unpaired) electrons. The van der Waals surface area contributed by atoms with Crippen LogP contribution in [0.1, 0.15) is 0 Å². The first-order valence-electron chi connectivity index (χ1n) is 2.48. The fraction of sp³-hybridized carbons (Fsp3) is 0. The minimum absolute atomic E-state index is 0.278. The molecule has 0 amide bonds. The summed E-state index contributed by atoms with van der Waals surface area (Å²) in [5.74, 6) is 0. The minimum Gasteiger partial charge on any atom is -0.285 e. The lowest BCUT2D eigenvalue weighted by Gasteiger charge is -1.84. The van der Waals surface area contributed by atoms with Gasteiger partial charge in [0.05, 0.1) is 0 Å². The van der Waals surface area contributed by atoms with Crippen molar-refractivity contribution in [1.29, 1.82) is 0 Å². The van der Waals surface area contributed by atoms with E-state index in [0.717, 1.165) is 0 Å². The molecule has 9 heavy (non-hydrogen) atoms. The summed E-state index contributed by atoms with van der Waals surface area (Å²) in [6.45, 7) is 0. The zero-order chi connectivity index (χ0) is 6.53. The number of hydrogen-bond donors (Lipinski definition) is 1. The van der Waals surface area contributed by atoms with Crippen molar-refractivity contribution in [2.75, 3.05) is 0 Å². The van der Waals surface area contributed by atoms with E-state index in [4.69, 9.17) is 0 Å². The molecule has 1 rings (SSSR count). The molecule has 0 aliphatic carbocycles. The number of allylic oxidation sites excluding steroid dienone is 3. The zero-order valence-electron chi connectivity index (χ0n) is 4.66. The summed E-state index contributed by atoms with van der Waals surface area (Å²) < 4.78 is 0. The van der Waals surface area contributed by atoms with E-state index in [1.165, 1.54) is 0 Å². The third-order valence-corrected chi connectivity index (χ3v) is 0.826. The van der Waals surface area contributed by atoms with Gasteiger partial charge in [-0.25, -0.2) is 0 Å². The van der Waals surface area contributed by atoms with Crippen LogP contribution in [0.5, 0.6) is 0 Å². The maximum atomic E-state index is 9.94. The molecular weight excluding hydrogens is 116 g/mol. The van der Waals surface area contributed by atoms with Crippen LogP contribution < -0.4 is 5.43 Å². The van der Waals surface area contributed by atoms with Crippen LogP contribution in [0.2, 0.25) is 0 Å². The molecule has 0 aromatic carbocycles. The highest BCUT2D eigenvalue weighted by molar-refractivity contribution is 6.34. The Bertz CT molecular complexity index is 191. The lowest BCUT2D eigenvalue weighted by Crippen LogP contribution is -2.00. The van der Waals surface area contributed by atoms with Gasteiger partial charge in [-0.2, -0.15) is 5.10 Å². The predicted molar refractivity (Wildman–Crippen MR) is 34.5 cm³/mol. The van der Waals surface area contributed by atoms with Crippen LogP contribution in [0.15, 0.2) is 29.5 Å². The third kappa shape index (κ3) is 1.53. The van der Waals surface area contributed by atoms with Crippen molar-refractivity contribution in [3.8, 4) is 0 Å². The van der Waals surface area contributed by atoms with Crippen molar-refractivity contribution in [3.63, 3.8) is 0 Å². The van der Waals surface area contributed by atoms with Gasteiger partial charge < -0.3 is 0 Å². The normalized spacial score (nSPS) is 15.8. The monoisotopic (exact) mass is 121 g/mol. The van der Waals surface area contributed by atoms with Gasteiger partial charge in [-0.15, -0.1) is 0 Å². The highest BCUT2D eigenvalue weighted by atomic mass is 16.1. The number of carbonyl (C=O) groups excluding carboxylic acids is 1. The Morgan fingerprint density at radius 3 is 3.22 bits per heavy atom. The SMILES string of the molecule is O=[C]C1=NNC=CC=C1. The van der Waals surface area contributed by atoms with Crippen molar-refractivity contribution >= 4 is 12.0 Å². The summed E-state index contributed by atoms with van der Waals surface area (Å²) in [4.78, 5) is 9.94. The van der Waals surface area contributed by atoms with E-state index in [-0.39, 0.29) is 5.71 Å². The highest BCUT2D eigenvalue weighted by Gasteiger charge is 1.90. The second kappa shape index (κ2) is 2.81. The molecule has 3 nitrogen and oxygen atoms in total. The van der Waals surface area contributed by atoms with Crippen molar-refractivity contribution in [2.24, 2.45) is 5.10 Å². The van der Waals surface area contributed by atoms with Gasteiger partial charge >= 0.3 is 0 Å². The van der Waals surface area contributed by atoms with Gasteiger partial charge in [-0.1, -0.05) is 6.08 Å². The number of hydrogen-bond acceptors (Lipinski definition) is 3. The molecule has 1 aliphatic rings. The second-order valence-electron chi connectivity index (χ2n) is 1.45. The van der Waals surface area contributed by atoms with Crippen molar-refractivity contribution in [2.45, 2.75) is 0 Å². The summed E-state index contributed by atoms with van der Waals surface area (Å²) in [6, 6.07) is 0. The zero-order valence-corrected chi connectivity index (χ0v) is 4.66. The van der Waals surface area contributed by atoms with E-state index >= 15 is 0 Å². The van der Waals surface area contributed by atoms with Crippen LogP contribution in [0.25, 0.3) is 0 Å². The van der Waals surface area contributed by atoms with E-state index in [0.29, 0.717) is 0 Å². The summed E-state index contributed by atoms with van der Waals surface area (Å²) in [6.07, 6.45) is 8.31. The van der Waals surface area contributed by atoms with Crippen LogP contribution in [0.4, 0.5) is 0 Å². The van der Waals surface area contributed by atoms with E-state index in [1.54, 1.807) is 30.7 Å². The quantitative estimate of drug-likeness (QED) is 0.535. The third-order valence-electron chi connectivity index (χ3n) is 0.826. The maximum absolute atomic E-state index is 9.94. The second-order valence-corrected chi connectivity index (χ2v) is 1.45. The van der Waals surface area contributed by atoms with Gasteiger partial charge in [0.2, 0.25) is 0 Å². The Labute approximate surface area is 52.8 Å². The lowest BCUT2D eigenvalue weighted by atomic mass is 10.3. The maximum Gasteiger partial charge on any atom is 0.255 e. The molecule has 0 aromatic heterocycles. The average molecular weight is 121 g/mol. The summed E-state index contributed by atoms with van der Waals surface area (Å²) in [5, 5.41) is 3.61. The van der Waals surface area contributed by atoms with Crippen LogP contribution >= 0.6 is 0 Å². The van der Waals surface area contributed by atoms with E-state index in [9.17, 15) is 4.79 Å². The number of hydrazone groups is 1. The number of nitrogens with one attached hydrogen (secondary N) is 1. The molecular formula is C6H5N2O. The first-order chi connectivity index (χ1) is 4.43. The van der Waals surface area contributed by atoms with Gasteiger partial charge in [0.1, 0.15) is 5.71 Å². The molecule has 0 saturated carbocycles. The van der Waals surface area contributed by atoms with Crippen LogP contribution in [0.3, 0.4) is 0 Å². The Kier molecular flexibility index (Phi) is 1.80. The van der Waals surface area contributed by atoms with Gasteiger partial charge in [0, 0.05) is 6.20 Å². The van der Waals surface area contributed by atoms with Gasteiger partial charge in [0.25, 0.3) is 6.29 Å². The van der Waals surface area contributed by atoms with Crippen molar-refractivity contribution < 1.29 is 4.79 Å². The Balaban J connectivity index is 2.74. The lowest BCUT2D eigenvalue weighted by molar-refractivity contribution is 0.566. The summed E-state index contributed by atoms with van der Waals surface area (Å²) >= 11 is 0. The summed E-state index contributed by atoms with van der Waals surface area (Å²) in [7, 11) is 0. The van der Waals surface area contributed by atoms with Crippen LogP contribution in [-0.2, 0) is 4.79 Å². The van der Waals surface area contributed by atoms with E-state index in [1.807, 2.05) is 0 Å². The van der Waals surface area contributed by atoms with Crippen LogP contribution in [-0.4, -0.2) is 12.0 Å². The van der Waals surface area contributed by atoms with Crippen molar-refractivity contribution in [1.82, 2.24) is 5.43 Å². The molecule has 1 aliphatic heterocycles. The topological polar surface area (TPSA) is 41.5 Å². The molecule has 1 N–H and O–H groups in total. The minimum atomic E-state index is 0.278. The standard InChI is InChI=1S/C6H5N2O/c9-5-6-3-1-2-4-7-8-6/h1-4,7H. The molecule has 0 unspecified atom stereocenters. The molecule has 0 aromatic rings. The Morgan fingerprint density at radius 2 is 2.44 bits per heavy atom. The molecule has 0 bridgehead atoms.